The molecule has 0 spiro atoms. The summed E-state index contributed by atoms with van der Waals surface area (Å²) in [7, 11) is -3.63. The zero-order chi connectivity index (χ0) is 19.0. The fraction of sp³-hybridized carbons (Fsp3) is 0.0909. The predicted octanol–water partition coefficient (Wildman–Crippen LogP) is 3.61. The van der Waals surface area contributed by atoms with Crippen molar-refractivity contribution in [1.82, 2.24) is 0 Å². The van der Waals surface area contributed by atoms with Crippen LogP contribution in [0, 0.1) is 12.3 Å². The van der Waals surface area contributed by atoms with E-state index in [1.807, 2.05) is 60.7 Å². The van der Waals surface area contributed by atoms with Crippen LogP contribution in [0.25, 0.3) is 11.1 Å². The number of sulfonamides is 1. The first kappa shape index (κ1) is 17.3. The summed E-state index contributed by atoms with van der Waals surface area (Å²) in [6.45, 7) is 0. The number of primary sulfonamides is 1. The molecule has 1 aliphatic rings. The third-order valence-corrected chi connectivity index (χ3v) is 5.30. The van der Waals surface area contributed by atoms with E-state index in [0.717, 1.165) is 27.8 Å². The van der Waals surface area contributed by atoms with E-state index in [-0.39, 0.29) is 11.9 Å². The standard InChI is InChI=1S/C22H17NO3S/c1-2-16-9-6-10-20-21(16)18-12-11-15(14-27(23,24)25)13-19(18)22(26-20)17-7-4-3-5-8-17/h1,3-13,22H,14H2,(H2,23,24,25). The highest BCUT2D eigenvalue weighted by Crippen LogP contribution is 2.46. The van der Waals surface area contributed by atoms with E-state index in [1.54, 1.807) is 6.07 Å². The maximum atomic E-state index is 11.5. The van der Waals surface area contributed by atoms with Crippen LogP contribution >= 0.6 is 0 Å². The van der Waals surface area contributed by atoms with Gasteiger partial charge in [0.15, 0.2) is 0 Å². The maximum Gasteiger partial charge on any atom is 0.213 e. The number of benzene rings is 3. The maximum absolute atomic E-state index is 11.5. The Labute approximate surface area is 158 Å². The van der Waals surface area contributed by atoms with E-state index in [0.29, 0.717) is 11.3 Å². The summed E-state index contributed by atoms with van der Waals surface area (Å²) in [6, 6.07) is 20.9. The number of fused-ring (bicyclic) bond motifs is 3. The molecule has 1 aliphatic heterocycles. The largest absolute Gasteiger partial charge is 0.480 e. The van der Waals surface area contributed by atoms with Gasteiger partial charge in [-0.05, 0) is 28.8 Å². The van der Waals surface area contributed by atoms with Gasteiger partial charge in [-0.15, -0.1) is 6.42 Å². The smallest absolute Gasteiger partial charge is 0.213 e. The van der Waals surface area contributed by atoms with Crippen molar-refractivity contribution in [2.45, 2.75) is 11.9 Å². The Balaban J connectivity index is 1.95. The van der Waals surface area contributed by atoms with E-state index in [1.165, 1.54) is 0 Å². The molecule has 0 amide bonds. The molecule has 0 saturated heterocycles. The van der Waals surface area contributed by atoms with Gasteiger partial charge in [0.2, 0.25) is 10.0 Å². The third kappa shape index (κ3) is 3.33. The molecule has 1 unspecified atom stereocenters. The number of terminal acetylenes is 1. The van der Waals surface area contributed by atoms with Gasteiger partial charge in [0, 0.05) is 16.7 Å². The molecular weight excluding hydrogens is 358 g/mol. The topological polar surface area (TPSA) is 69.4 Å². The van der Waals surface area contributed by atoms with Crippen molar-refractivity contribution >= 4 is 10.0 Å². The molecule has 134 valence electrons. The minimum absolute atomic E-state index is 0.231. The van der Waals surface area contributed by atoms with Gasteiger partial charge in [-0.1, -0.05) is 60.5 Å². The molecule has 27 heavy (non-hydrogen) atoms. The summed E-state index contributed by atoms with van der Waals surface area (Å²) >= 11 is 0. The SMILES string of the molecule is C#Cc1cccc2c1-c1ccc(CS(N)(=O)=O)cc1C(c1ccccc1)O2. The van der Waals surface area contributed by atoms with Gasteiger partial charge in [-0.3, -0.25) is 0 Å². The Morgan fingerprint density at radius 2 is 1.81 bits per heavy atom. The highest BCUT2D eigenvalue weighted by molar-refractivity contribution is 7.88. The number of hydrogen-bond donors (Lipinski definition) is 1. The van der Waals surface area contributed by atoms with Crippen molar-refractivity contribution in [3.8, 4) is 29.2 Å². The summed E-state index contributed by atoms with van der Waals surface area (Å²) < 4.78 is 29.4. The lowest BCUT2D eigenvalue weighted by molar-refractivity contribution is 0.243. The quantitative estimate of drug-likeness (QED) is 0.711. The highest BCUT2D eigenvalue weighted by atomic mass is 32.2. The molecule has 0 aliphatic carbocycles. The molecule has 0 aromatic heterocycles. The van der Waals surface area contributed by atoms with Gasteiger partial charge in [-0.2, -0.15) is 0 Å². The van der Waals surface area contributed by atoms with E-state index < -0.39 is 10.0 Å². The van der Waals surface area contributed by atoms with Gasteiger partial charge in [0.1, 0.15) is 11.9 Å². The number of hydrogen-bond acceptors (Lipinski definition) is 3. The van der Waals surface area contributed by atoms with Crippen molar-refractivity contribution < 1.29 is 13.2 Å². The summed E-state index contributed by atoms with van der Waals surface area (Å²) in [5.74, 6) is 3.19. The second-order valence-electron chi connectivity index (χ2n) is 6.46. The summed E-state index contributed by atoms with van der Waals surface area (Å²) in [5, 5.41) is 5.23. The Bertz CT molecular complexity index is 1160. The molecule has 4 rings (SSSR count). The molecule has 0 saturated carbocycles. The van der Waals surface area contributed by atoms with Crippen LogP contribution in [0.4, 0.5) is 0 Å². The molecule has 1 heterocycles. The lowest BCUT2D eigenvalue weighted by Gasteiger charge is -2.30. The molecule has 3 aromatic carbocycles. The minimum Gasteiger partial charge on any atom is -0.480 e. The molecule has 1 atom stereocenters. The second kappa shape index (κ2) is 6.58. The first-order valence-corrected chi connectivity index (χ1v) is 10.1. The van der Waals surface area contributed by atoms with Crippen LogP contribution in [0.3, 0.4) is 0 Å². The van der Waals surface area contributed by atoms with Crippen molar-refractivity contribution in [1.29, 1.82) is 0 Å². The van der Waals surface area contributed by atoms with Crippen molar-refractivity contribution in [3.63, 3.8) is 0 Å². The molecule has 2 N–H and O–H groups in total. The lowest BCUT2D eigenvalue weighted by Crippen LogP contribution is -2.18. The first-order valence-electron chi connectivity index (χ1n) is 8.41. The molecule has 4 nitrogen and oxygen atoms in total. The Morgan fingerprint density at radius 3 is 2.52 bits per heavy atom. The Kier molecular flexibility index (Phi) is 4.23. The van der Waals surface area contributed by atoms with Crippen LogP contribution in [-0.2, 0) is 15.8 Å². The number of rotatable bonds is 3. The van der Waals surface area contributed by atoms with Crippen molar-refractivity contribution in [2.24, 2.45) is 5.14 Å². The monoisotopic (exact) mass is 375 g/mol. The summed E-state index contributed by atoms with van der Waals surface area (Å²) in [6.07, 6.45) is 5.33. The normalized spacial score (nSPS) is 15.2. The van der Waals surface area contributed by atoms with Gasteiger partial charge in [-0.25, -0.2) is 13.6 Å². The third-order valence-electron chi connectivity index (χ3n) is 4.56. The van der Waals surface area contributed by atoms with Gasteiger partial charge >= 0.3 is 0 Å². The van der Waals surface area contributed by atoms with E-state index in [9.17, 15) is 8.42 Å². The predicted molar refractivity (Wildman–Crippen MR) is 106 cm³/mol. The van der Waals surface area contributed by atoms with Gasteiger partial charge in [0.05, 0.1) is 5.75 Å². The fourth-order valence-corrected chi connectivity index (χ4v) is 4.12. The number of ether oxygens (including phenoxy) is 1. The molecule has 5 heteroatoms. The fourth-order valence-electron chi connectivity index (χ4n) is 3.47. The van der Waals surface area contributed by atoms with Crippen LogP contribution in [0.15, 0.2) is 66.7 Å². The second-order valence-corrected chi connectivity index (χ2v) is 8.07. The Morgan fingerprint density at radius 1 is 1.04 bits per heavy atom. The lowest BCUT2D eigenvalue weighted by atomic mass is 9.86. The van der Waals surface area contributed by atoms with Crippen LogP contribution in [0.5, 0.6) is 5.75 Å². The van der Waals surface area contributed by atoms with Crippen LogP contribution < -0.4 is 9.88 Å². The van der Waals surface area contributed by atoms with Crippen LogP contribution in [0.1, 0.15) is 28.4 Å². The molecular formula is C22H17NO3S. The van der Waals surface area contributed by atoms with Crippen molar-refractivity contribution in [3.05, 3.63) is 89.0 Å². The van der Waals surface area contributed by atoms with Gasteiger partial charge < -0.3 is 4.74 Å². The zero-order valence-electron chi connectivity index (χ0n) is 14.4. The Hall–Kier alpha value is -3.07. The number of nitrogens with two attached hydrogens (primary N) is 1. The van der Waals surface area contributed by atoms with Gasteiger partial charge in [0.25, 0.3) is 0 Å². The van der Waals surface area contributed by atoms with E-state index >= 15 is 0 Å². The highest BCUT2D eigenvalue weighted by Gasteiger charge is 2.29. The van der Waals surface area contributed by atoms with Crippen LogP contribution in [0.2, 0.25) is 0 Å². The van der Waals surface area contributed by atoms with Crippen LogP contribution in [-0.4, -0.2) is 8.42 Å². The van der Waals surface area contributed by atoms with E-state index in [2.05, 4.69) is 5.92 Å². The zero-order valence-corrected chi connectivity index (χ0v) is 15.2. The van der Waals surface area contributed by atoms with E-state index in [4.69, 9.17) is 16.3 Å². The summed E-state index contributed by atoms with van der Waals surface area (Å²) in [4.78, 5) is 0. The summed E-state index contributed by atoms with van der Waals surface area (Å²) in [5.41, 5.74) is 4.99. The molecule has 3 aromatic rings. The molecule has 0 bridgehead atoms. The average molecular weight is 375 g/mol. The van der Waals surface area contributed by atoms with Crippen molar-refractivity contribution in [2.75, 3.05) is 0 Å². The first-order chi connectivity index (χ1) is 13.0. The molecule has 0 radical (unpaired) electrons. The molecule has 0 fully saturated rings. The minimum atomic E-state index is -3.63. The average Bonchev–Trinajstić information content (AvgIpc) is 2.66.